The van der Waals surface area contributed by atoms with Crippen LogP contribution in [-0.4, -0.2) is 31.4 Å². The van der Waals surface area contributed by atoms with Crippen molar-refractivity contribution in [2.45, 2.75) is 24.3 Å². The number of nitrogens with one attached hydrogen (secondary N) is 1. The average Bonchev–Trinajstić information content (AvgIpc) is 3.05. The quantitative estimate of drug-likeness (QED) is 0.689. The van der Waals surface area contributed by atoms with Crippen molar-refractivity contribution >= 4 is 35.0 Å². The number of nitrogens with zero attached hydrogens (tertiary/aromatic N) is 4. The van der Waals surface area contributed by atoms with E-state index in [2.05, 4.69) is 20.8 Å². The first-order valence-corrected chi connectivity index (χ1v) is 8.88. The Balaban J connectivity index is 1.75. The molecule has 1 heterocycles. The number of hydrogen-bond donors (Lipinski definition) is 1. The summed E-state index contributed by atoms with van der Waals surface area (Å²) < 4.78 is 1.64. The highest BCUT2D eigenvalue weighted by molar-refractivity contribution is 8.00. The molecule has 0 aliphatic rings. The molecule has 3 aromatic rings. The predicted octanol–water partition coefficient (Wildman–Crippen LogP) is 3.74. The van der Waals surface area contributed by atoms with Crippen molar-refractivity contribution < 1.29 is 4.79 Å². The molecule has 3 rings (SSSR count). The molecule has 25 heavy (non-hydrogen) atoms. The highest BCUT2D eigenvalue weighted by Gasteiger charge is 2.20. The zero-order valence-corrected chi connectivity index (χ0v) is 15.3. The SMILES string of the molecule is Cc1ccccc1-n1nnnc1S[C@@H](C)C(=O)Nc1ccccc1Cl. The molecule has 0 spiro atoms. The predicted molar refractivity (Wildman–Crippen MR) is 99.3 cm³/mol. The van der Waals surface area contributed by atoms with Crippen molar-refractivity contribution in [2.24, 2.45) is 0 Å². The first-order valence-electron chi connectivity index (χ1n) is 7.62. The van der Waals surface area contributed by atoms with Crippen LogP contribution in [0, 0.1) is 6.92 Å². The van der Waals surface area contributed by atoms with E-state index in [1.165, 1.54) is 11.8 Å². The lowest BCUT2D eigenvalue weighted by Crippen LogP contribution is -2.23. The van der Waals surface area contributed by atoms with Gasteiger partial charge in [0.25, 0.3) is 0 Å². The molecule has 0 fully saturated rings. The monoisotopic (exact) mass is 373 g/mol. The Morgan fingerprint density at radius 2 is 1.92 bits per heavy atom. The largest absolute Gasteiger partial charge is 0.324 e. The van der Waals surface area contributed by atoms with E-state index in [1.54, 1.807) is 23.7 Å². The lowest BCUT2D eigenvalue weighted by molar-refractivity contribution is -0.115. The molecular weight excluding hydrogens is 358 g/mol. The van der Waals surface area contributed by atoms with Crippen LogP contribution in [0.3, 0.4) is 0 Å². The molecule has 0 aliphatic carbocycles. The Labute approximate surface area is 154 Å². The number of benzene rings is 2. The summed E-state index contributed by atoms with van der Waals surface area (Å²) in [6.45, 7) is 3.78. The molecule has 0 bridgehead atoms. The molecule has 1 atom stereocenters. The zero-order valence-electron chi connectivity index (χ0n) is 13.7. The highest BCUT2D eigenvalue weighted by Crippen LogP contribution is 2.26. The number of carbonyl (C=O) groups excluding carboxylic acids is 1. The van der Waals surface area contributed by atoms with Gasteiger partial charge in [-0.05, 0) is 48.0 Å². The van der Waals surface area contributed by atoms with E-state index in [9.17, 15) is 4.79 Å². The van der Waals surface area contributed by atoms with E-state index < -0.39 is 5.25 Å². The number of carbonyl (C=O) groups is 1. The Morgan fingerprint density at radius 1 is 1.20 bits per heavy atom. The number of tetrazole rings is 1. The third-order valence-electron chi connectivity index (χ3n) is 3.57. The number of aryl methyl sites for hydroxylation is 1. The minimum atomic E-state index is -0.398. The fourth-order valence-electron chi connectivity index (χ4n) is 2.21. The van der Waals surface area contributed by atoms with Crippen LogP contribution in [0.1, 0.15) is 12.5 Å². The van der Waals surface area contributed by atoms with E-state index in [4.69, 9.17) is 11.6 Å². The summed E-state index contributed by atoms with van der Waals surface area (Å²) in [6.07, 6.45) is 0. The molecule has 6 nitrogen and oxygen atoms in total. The van der Waals surface area contributed by atoms with Crippen molar-refractivity contribution in [2.75, 3.05) is 5.32 Å². The summed E-state index contributed by atoms with van der Waals surface area (Å²) >= 11 is 7.37. The second-order valence-corrected chi connectivity index (χ2v) is 7.10. The van der Waals surface area contributed by atoms with Gasteiger partial charge >= 0.3 is 0 Å². The van der Waals surface area contributed by atoms with E-state index >= 15 is 0 Å². The molecular formula is C17H16ClN5OS. The Bertz CT molecular complexity index is 898. The number of para-hydroxylation sites is 2. The number of halogens is 1. The van der Waals surface area contributed by atoms with E-state index in [1.807, 2.05) is 43.3 Å². The van der Waals surface area contributed by atoms with E-state index in [0.717, 1.165) is 11.3 Å². The summed E-state index contributed by atoms with van der Waals surface area (Å²) in [5, 5.41) is 15.3. The van der Waals surface area contributed by atoms with Crippen molar-refractivity contribution in [3.8, 4) is 5.69 Å². The van der Waals surface area contributed by atoms with Gasteiger partial charge in [0, 0.05) is 0 Å². The number of rotatable bonds is 5. The summed E-state index contributed by atoms with van der Waals surface area (Å²) in [5.41, 5.74) is 2.51. The minimum absolute atomic E-state index is 0.169. The van der Waals surface area contributed by atoms with Gasteiger partial charge in [0.2, 0.25) is 11.1 Å². The van der Waals surface area contributed by atoms with Gasteiger partial charge in [-0.1, -0.05) is 53.7 Å². The van der Waals surface area contributed by atoms with Crippen molar-refractivity contribution in [1.29, 1.82) is 0 Å². The van der Waals surface area contributed by atoms with E-state index in [-0.39, 0.29) is 5.91 Å². The molecule has 2 aromatic carbocycles. The van der Waals surface area contributed by atoms with Gasteiger partial charge < -0.3 is 5.32 Å². The molecule has 0 saturated carbocycles. The van der Waals surface area contributed by atoms with Gasteiger partial charge in [0.15, 0.2) is 0 Å². The molecule has 0 saturated heterocycles. The normalized spacial score (nSPS) is 12.0. The van der Waals surface area contributed by atoms with Crippen LogP contribution < -0.4 is 5.32 Å². The zero-order chi connectivity index (χ0) is 17.8. The molecule has 128 valence electrons. The fourth-order valence-corrected chi connectivity index (χ4v) is 3.20. The van der Waals surface area contributed by atoms with Crippen molar-refractivity contribution in [3.05, 3.63) is 59.1 Å². The first kappa shape index (κ1) is 17.4. The van der Waals surface area contributed by atoms with E-state index in [0.29, 0.717) is 15.9 Å². The summed E-state index contributed by atoms with van der Waals surface area (Å²) in [6, 6.07) is 14.9. The summed E-state index contributed by atoms with van der Waals surface area (Å²) in [4.78, 5) is 12.4. The fraction of sp³-hybridized carbons (Fsp3) is 0.176. The molecule has 1 aromatic heterocycles. The van der Waals surface area contributed by atoms with Crippen LogP contribution in [0.4, 0.5) is 5.69 Å². The van der Waals surface area contributed by atoms with Crippen molar-refractivity contribution in [1.82, 2.24) is 20.2 Å². The van der Waals surface area contributed by atoms with Gasteiger partial charge in [-0.2, -0.15) is 4.68 Å². The van der Waals surface area contributed by atoms with Gasteiger partial charge in [0.1, 0.15) is 0 Å². The van der Waals surface area contributed by atoms with Crippen molar-refractivity contribution in [3.63, 3.8) is 0 Å². The number of amides is 1. The van der Waals surface area contributed by atoms with Gasteiger partial charge in [-0.3, -0.25) is 4.79 Å². The van der Waals surface area contributed by atoms with Crippen LogP contribution in [0.25, 0.3) is 5.69 Å². The molecule has 0 radical (unpaired) electrons. The Kier molecular flexibility index (Phi) is 5.35. The summed E-state index contributed by atoms with van der Waals surface area (Å²) in [7, 11) is 0. The Morgan fingerprint density at radius 3 is 2.68 bits per heavy atom. The highest BCUT2D eigenvalue weighted by atomic mass is 35.5. The van der Waals surface area contributed by atoms with Crippen LogP contribution in [0.5, 0.6) is 0 Å². The smallest absolute Gasteiger partial charge is 0.237 e. The van der Waals surface area contributed by atoms with Crippen LogP contribution in [0.2, 0.25) is 5.02 Å². The van der Waals surface area contributed by atoms with Gasteiger partial charge in [0.05, 0.1) is 21.6 Å². The lowest BCUT2D eigenvalue weighted by Gasteiger charge is -2.13. The number of hydrogen-bond acceptors (Lipinski definition) is 5. The standard InChI is InChI=1S/C17H16ClN5OS/c1-11-7-3-6-10-15(11)23-17(20-21-22-23)25-12(2)16(24)19-14-9-5-4-8-13(14)18/h3-10,12H,1-2H3,(H,19,24)/t12-/m0/s1. The number of anilines is 1. The second-order valence-electron chi connectivity index (χ2n) is 5.39. The minimum Gasteiger partial charge on any atom is -0.324 e. The molecule has 8 heteroatoms. The molecule has 0 unspecified atom stereocenters. The maximum absolute atomic E-state index is 12.4. The first-order chi connectivity index (χ1) is 12.1. The molecule has 1 N–H and O–H groups in total. The summed E-state index contributed by atoms with van der Waals surface area (Å²) in [5.74, 6) is -0.169. The van der Waals surface area contributed by atoms with Gasteiger partial charge in [-0.15, -0.1) is 5.10 Å². The van der Waals surface area contributed by atoms with Crippen LogP contribution in [-0.2, 0) is 4.79 Å². The molecule has 0 aliphatic heterocycles. The number of aromatic nitrogens is 4. The van der Waals surface area contributed by atoms with Gasteiger partial charge in [-0.25, -0.2) is 0 Å². The molecule has 1 amide bonds. The van der Waals surface area contributed by atoms with Crippen LogP contribution in [0.15, 0.2) is 53.7 Å². The number of thioether (sulfide) groups is 1. The lowest BCUT2D eigenvalue weighted by atomic mass is 10.2. The maximum atomic E-state index is 12.4. The topological polar surface area (TPSA) is 72.7 Å². The third-order valence-corrected chi connectivity index (χ3v) is 4.93. The average molecular weight is 374 g/mol. The third kappa shape index (κ3) is 4.00. The second kappa shape index (κ2) is 7.67. The van der Waals surface area contributed by atoms with Crippen LogP contribution >= 0.6 is 23.4 Å². The maximum Gasteiger partial charge on any atom is 0.237 e. The Hall–Kier alpha value is -2.38.